The molecule has 118 valence electrons. The molecule has 0 saturated heterocycles. The van der Waals surface area contributed by atoms with Crippen LogP contribution in [0.15, 0.2) is 23.1 Å². The van der Waals surface area contributed by atoms with E-state index in [-0.39, 0.29) is 23.5 Å². The lowest BCUT2D eigenvalue weighted by molar-refractivity contribution is 0.213. The summed E-state index contributed by atoms with van der Waals surface area (Å²) in [5, 5.41) is 9.29. The predicted molar refractivity (Wildman–Crippen MR) is 80.9 cm³/mol. The van der Waals surface area contributed by atoms with E-state index in [1.807, 2.05) is 13.8 Å². The molecule has 1 aliphatic carbocycles. The molecule has 2 N–H and O–H groups in total. The second-order valence-electron chi connectivity index (χ2n) is 5.46. The van der Waals surface area contributed by atoms with Crippen LogP contribution in [-0.2, 0) is 10.0 Å². The van der Waals surface area contributed by atoms with E-state index >= 15 is 0 Å². The summed E-state index contributed by atoms with van der Waals surface area (Å²) < 4.78 is 33.0. The smallest absolute Gasteiger partial charge is 0.240 e. The molecule has 21 heavy (non-hydrogen) atoms. The van der Waals surface area contributed by atoms with E-state index in [0.29, 0.717) is 12.4 Å². The van der Waals surface area contributed by atoms with Gasteiger partial charge in [-0.1, -0.05) is 6.42 Å². The van der Waals surface area contributed by atoms with Gasteiger partial charge in [-0.2, -0.15) is 0 Å². The first-order valence-electron chi connectivity index (χ1n) is 7.34. The number of rotatable bonds is 6. The van der Waals surface area contributed by atoms with Crippen molar-refractivity contribution in [2.75, 3.05) is 13.2 Å². The lowest BCUT2D eigenvalue weighted by Gasteiger charge is -2.19. The maximum atomic E-state index is 12.4. The molecule has 1 aromatic rings. The highest BCUT2D eigenvalue weighted by Crippen LogP contribution is 2.27. The Bertz CT molecular complexity index is 585. The molecule has 1 fully saturated rings. The largest absolute Gasteiger partial charge is 0.494 e. The number of aliphatic hydroxyl groups is 1. The van der Waals surface area contributed by atoms with E-state index < -0.39 is 10.0 Å². The highest BCUT2D eigenvalue weighted by atomic mass is 32.2. The van der Waals surface area contributed by atoms with Gasteiger partial charge in [0.05, 0.1) is 11.5 Å². The van der Waals surface area contributed by atoms with Crippen LogP contribution in [0.3, 0.4) is 0 Å². The molecular formula is C15H23NO4S. The van der Waals surface area contributed by atoms with Gasteiger partial charge in [-0.3, -0.25) is 0 Å². The maximum Gasteiger partial charge on any atom is 0.240 e. The fourth-order valence-corrected chi connectivity index (χ4v) is 4.21. The first-order valence-corrected chi connectivity index (χ1v) is 8.83. The fraction of sp³-hybridized carbons (Fsp3) is 0.600. The van der Waals surface area contributed by atoms with Crippen LogP contribution in [0.1, 0.15) is 31.7 Å². The number of benzene rings is 1. The molecule has 0 amide bonds. The van der Waals surface area contributed by atoms with Gasteiger partial charge in [-0.25, -0.2) is 13.1 Å². The average molecular weight is 313 g/mol. The van der Waals surface area contributed by atoms with Crippen LogP contribution < -0.4 is 9.46 Å². The van der Waals surface area contributed by atoms with Crippen molar-refractivity contribution in [3.05, 3.63) is 23.8 Å². The third-order valence-electron chi connectivity index (χ3n) is 3.96. The first-order chi connectivity index (χ1) is 9.97. The quantitative estimate of drug-likeness (QED) is 0.840. The second kappa shape index (κ2) is 6.77. The van der Waals surface area contributed by atoms with E-state index in [0.717, 1.165) is 24.8 Å². The molecular weight excluding hydrogens is 290 g/mol. The van der Waals surface area contributed by atoms with E-state index in [1.54, 1.807) is 18.2 Å². The molecule has 0 spiro atoms. The third-order valence-corrected chi connectivity index (χ3v) is 5.44. The standard InChI is InChI=1S/C15H23NO4S/c1-3-20-15-8-7-13(9-11(15)2)21(18,19)16-14-6-4-5-12(14)10-17/h7-9,12,14,16-17H,3-6,10H2,1-2H3. The van der Waals surface area contributed by atoms with E-state index in [9.17, 15) is 13.5 Å². The summed E-state index contributed by atoms with van der Waals surface area (Å²) in [6.07, 6.45) is 2.59. The molecule has 0 radical (unpaired) electrons. The van der Waals surface area contributed by atoms with Crippen molar-refractivity contribution in [3.63, 3.8) is 0 Å². The van der Waals surface area contributed by atoms with Gasteiger partial charge in [0.1, 0.15) is 5.75 Å². The minimum atomic E-state index is -3.56. The highest BCUT2D eigenvalue weighted by Gasteiger charge is 2.30. The Balaban J connectivity index is 2.17. The number of hydrogen-bond acceptors (Lipinski definition) is 4. The summed E-state index contributed by atoms with van der Waals surface area (Å²) in [6.45, 7) is 4.29. The van der Waals surface area contributed by atoms with Gasteiger partial charge in [-0.05, 0) is 56.4 Å². The van der Waals surface area contributed by atoms with Crippen LogP contribution in [0.4, 0.5) is 0 Å². The van der Waals surface area contributed by atoms with Gasteiger partial charge in [-0.15, -0.1) is 0 Å². The van der Waals surface area contributed by atoms with Gasteiger partial charge in [0.15, 0.2) is 0 Å². The summed E-state index contributed by atoms with van der Waals surface area (Å²) in [5.41, 5.74) is 0.796. The van der Waals surface area contributed by atoms with E-state index in [1.165, 1.54) is 0 Å². The van der Waals surface area contributed by atoms with Gasteiger partial charge >= 0.3 is 0 Å². The molecule has 2 rings (SSSR count). The Kier molecular flexibility index (Phi) is 5.24. The Labute approximate surface area is 126 Å². The Hall–Kier alpha value is -1.11. The van der Waals surface area contributed by atoms with E-state index in [2.05, 4.69) is 4.72 Å². The number of ether oxygens (including phenoxy) is 1. The second-order valence-corrected chi connectivity index (χ2v) is 7.18. The van der Waals surface area contributed by atoms with E-state index in [4.69, 9.17) is 4.74 Å². The molecule has 0 aliphatic heterocycles. The molecule has 0 bridgehead atoms. The van der Waals surface area contributed by atoms with Crippen molar-refractivity contribution in [2.45, 2.75) is 44.0 Å². The normalized spacial score (nSPS) is 22.4. The molecule has 6 heteroatoms. The summed E-state index contributed by atoms with van der Waals surface area (Å²) >= 11 is 0. The monoisotopic (exact) mass is 313 g/mol. The predicted octanol–water partition coefficient (Wildman–Crippen LogP) is 1.83. The molecule has 5 nitrogen and oxygen atoms in total. The SMILES string of the molecule is CCOc1ccc(S(=O)(=O)NC2CCCC2CO)cc1C. The lowest BCUT2D eigenvalue weighted by Crippen LogP contribution is -2.38. The summed E-state index contributed by atoms with van der Waals surface area (Å²) in [5.74, 6) is 0.717. The average Bonchev–Trinajstić information content (AvgIpc) is 2.87. The zero-order valence-electron chi connectivity index (χ0n) is 12.5. The third kappa shape index (κ3) is 3.75. The van der Waals surface area contributed by atoms with Crippen molar-refractivity contribution < 1.29 is 18.3 Å². The van der Waals surface area contributed by atoms with Crippen molar-refractivity contribution in [1.82, 2.24) is 4.72 Å². The summed E-state index contributed by atoms with van der Waals surface area (Å²) in [7, 11) is -3.56. The zero-order chi connectivity index (χ0) is 15.5. The molecule has 1 aromatic carbocycles. The van der Waals surface area contributed by atoms with Crippen molar-refractivity contribution in [2.24, 2.45) is 5.92 Å². The maximum absolute atomic E-state index is 12.4. The number of aryl methyl sites for hydroxylation is 1. The Morgan fingerprint density at radius 2 is 2.14 bits per heavy atom. The van der Waals surface area contributed by atoms with Gasteiger partial charge in [0.2, 0.25) is 10.0 Å². The lowest BCUT2D eigenvalue weighted by atomic mass is 10.1. The van der Waals surface area contributed by atoms with Crippen molar-refractivity contribution >= 4 is 10.0 Å². The number of aliphatic hydroxyl groups excluding tert-OH is 1. The molecule has 1 saturated carbocycles. The number of nitrogens with one attached hydrogen (secondary N) is 1. The molecule has 2 unspecified atom stereocenters. The molecule has 2 atom stereocenters. The number of hydrogen-bond donors (Lipinski definition) is 2. The fourth-order valence-electron chi connectivity index (χ4n) is 2.78. The van der Waals surface area contributed by atoms with Crippen LogP contribution >= 0.6 is 0 Å². The minimum Gasteiger partial charge on any atom is -0.494 e. The highest BCUT2D eigenvalue weighted by molar-refractivity contribution is 7.89. The van der Waals surface area contributed by atoms with Crippen LogP contribution in [0.5, 0.6) is 5.75 Å². The Morgan fingerprint density at radius 3 is 2.76 bits per heavy atom. The summed E-state index contributed by atoms with van der Waals surface area (Å²) in [6, 6.07) is 4.69. The summed E-state index contributed by atoms with van der Waals surface area (Å²) in [4.78, 5) is 0.243. The van der Waals surface area contributed by atoms with Gasteiger partial charge in [0, 0.05) is 12.6 Å². The molecule has 0 aromatic heterocycles. The molecule has 0 heterocycles. The van der Waals surface area contributed by atoms with Crippen molar-refractivity contribution in [3.8, 4) is 5.75 Å². The first kappa shape index (κ1) is 16.3. The van der Waals surface area contributed by atoms with Crippen LogP contribution in [0.2, 0.25) is 0 Å². The zero-order valence-corrected chi connectivity index (χ0v) is 13.3. The van der Waals surface area contributed by atoms with Gasteiger partial charge < -0.3 is 9.84 Å². The molecule has 1 aliphatic rings. The van der Waals surface area contributed by atoms with Crippen LogP contribution in [-0.4, -0.2) is 32.8 Å². The Morgan fingerprint density at radius 1 is 1.38 bits per heavy atom. The van der Waals surface area contributed by atoms with Crippen LogP contribution in [0, 0.1) is 12.8 Å². The minimum absolute atomic E-state index is 0.0172. The topological polar surface area (TPSA) is 75.6 Å². The van der Waals surface area contributed by atoms with Gasteiger partial charge in [0.25, 0.3) is 0 Å². The van der Waals surface area contributed by atoms with Crippen molar-refractivity contribution in [1.29, 1.82) is 0 Å². The number of sulfonamides is 1. The van der Waals surface area contributed by atoms with Crippen LogP contribution in [0.25, 0.3) is 0 Å².